The molecule has 1 fully saturated rings. The molecule has 1 aromatic heterocycles. The van der Waals surface area contributed by atoms with Crippen LogP contribution in [0.25, 0.3) is 10.9 Å². The van der Waals surface area contributed by atoms with Gasteiger partial charge in [0.1, 0.15) is 5.82 Å². The zero-order chi connectivity index (χ0) is 12.7. The molecule has 0 radical (unpaired) electrons. The van der Waals surface area contributed by atoms with Crippen LogP contribution in [0, 0.1) is 5.82 Å². The first kappa shape index (κ1) is 12.4. The molecule has 0 spiro atoms. The minimum atomic E-state index is -0.297. The molecule has 0 atom stereocenters. The van der Waals surface area contributed by atoms with E-state index in [2.05, 4.69) is 20.9 Å². The zero-order valence-corrected chi connectivity index (χ0v) is 12.1. The molecule has 0 unspecified atom stereocenters. The fraction of sp³-hybridized carbons (Fsp3) is 0.357. The number of fused-ring (bicyclic) bond motifs is 1. The predicted molar refractivity (Wildman–Crippen MR) is 75.6 cm³/mol. The van der Waals surface area contributed by atoms with Crippen molar-refractivity contribution in [3.05, 3.63) is 39.2 Å². The van der Waals surface area contributed by atoms with Gasteiger partial charge in [-0.3, -0.25) is 4.98 Å². The van der Waals surface area contributed by atoms with Crippen molar-refractivity contribution in [2.75, 3.05) is 0 Å². The van der Waals surface area contributed by atoms with Crippen LogP contribution in [-0.2, 0) is 0 Å². The third-order valence-corrected chi connectivity index (χ3v) is 4.51. The molecule has 1 aliphatic carbocycles. The van der Waals surface area contributed by atoms with Crippen molar-refractivity contribution < 1.29 is 4.39 Å². The Labute approximate surface area is 118 Å². The summed E-state index contributed by atoms with van der Waals surface area (Å²) in [6.45, 7) is 0. The van der Waals surface area contributed by atoms with Gasteiger partial charge in [0, 0.05) is 23.1 Å². The number of aromatic nitrogens is 1. The normalized spacial score (nSPS) is 16.6. The largest absolute Gasteiger partial charge is 0.252 e. The quantitative estimate of drug-likeness (QED) is 0.678. The summed E-state index contributed by atoms with van der Waals surface area (Å²) in [5.74, 6) is 0.188. The van der Waals surface area contributed by atoms with Gasteiger partial charge in [0.25, 0.3) is 0 Å². The molecule has 1 aromatic carbocycles. The van der Waals surface area contributed by atoms with E-state index in [9.17, 15) is 4.39 Å². The van der Waals surface area contributed by atoms with Crippen LogP contribution in [0.3, 0.4) is 0 Å². The highest BCUT2D eigenvalue weighted by atomic mass is 79.9. The second kappa shape index (κ2) is 4.78. The van der Waals surface area contributed by atoms with E-state index in [0.29, 0.717) is 20.9 Å². The smallest absolute Gasteiger partial charge is 0.139 e. The molecule has 0 saturated heterocycles. The highest BCUT2D eigenvalue weighted by Gasteiger charge is 2.20. The molecule has 1 nitrogen and oxygen atoms in total. The molecule has 3 rings (SSSR count). The van der Waals surface area contributed by atoms with Crippen molar-refractivity contribution in [1.29, 1.82) is 0 Å². The monoisotopic (exact) mass is 327 g/mol. The molecule has 0 amide bonds. The average Bonchev–Trinajstić information content (AvgIpc) is 2.85. The SMILES string of the molecule is Fc1cc2nc(C3CCCC3)cc(Cl)c2cc1Br. The Hall–Kier alpha value is -0.670. The summed E-state index contributed by atoms with van der Waals surface area (Å²) in [4.78, 5) is 4.57. The van der Waals surface area contributed by atoms with Gasteiger partial charge in [-0.05, 0) is 40.9 Å². The van der Waals surface area contributed by atoms with E-state index in [1.807, 2.05) is 6.07 Å². The van der Waals surface area contributed by atoms with E-state index in [-0.39, 0.29) is 5.82 Å². The molecular formula is C14H12BrClFN. The minimum Gasteiger partial charge on any atom is -0.252 e. The molecule has 1 saturated carbocycles. The number of hydrogen-bond donors (Lipinski definition) is 0. The van der Waals surface area contributed by atoms with Gasteiger partial charge in [-0.1, -0.05) is 24.4 Å². The first-order valence-electron chi connectivity index (χ1n) is 6.10. The van der Waals surface area contributed by atoms with Gasteiger partial charge in [0.05, 0.1) is 15.0 Å². The fourth-order valence-corrected chi connectivity index (χ4v) is 3.24. The molecule has 0 N–H and O–H groups in total. The number of halogens is 3. The first-order valence-corrected chi connectivity index (χ1v) is 7.27. The summed E-state index contributed by atoms with van der Waals surface area (Å²) in [5, 5.41) is 1.45. The van der Waals surface area contributed by atoms with Crippen LogP contribution in [0.4, 0.5) is 4.39 Å². The highest BCUT2D eigenvalue weighted by molar-refractivity contribution is 9.10. The lowest BCUT2D eigenvalue weighted by Crippen LogP contribution is -1.97. The number of hydrogen-bond acceptors (Lipinski definition) is 1. The molecule has 1 aliphatic rings. The fourth-order valence-electron chi connectivity index (χ4n) is 2.63. The van der Waals surface area contributed by atoms with Gasteiger partial charge in [-0.25, -0.2) is 4.39 Å². The Morgan fingerprint density at radius 1 is 1.22 bits per heavy atom. The second-order valence-electron chi connectivity index (χ2n) is 4.79. The van der Waals surface area contributed by atoms with E-state index < -0.39 is 0 Å². The van der Waals surface area contributed by atoms with Gasteiger partial charge in [-0.15, -0.1) is 0 Å². The van der Waals surface area contributed by atoms with Crippen molar-refractivity contribution in [3.8, 4) is 0 Å². The molecule has 94 valence electrons. The van der Waals surface area contributed by atoms with E-state index >= 15 is 0 Å². The molecule has 4 heteroatoms. The predicted octanol–water partition coefficient (Wildman–Crippen LogP) is 5.45. The lowest BCUT2D eigenvalue weighted by molar-refractivity contribution is 0.622. The number of rotatable bonds is 1. The highest BCUT2D eigenvalue weighted by Crippen LogP contribution is 2.36. The van der Waals surface area contributed by atoms with Crippen LogP contribution >= 0.6 is 27.5 Å². The van der Waals surface area contributed by atoms with Crippen LogP contribution in [0.15, 0.2) is 22.7 Å². The number of benzene rings is 1. The van der Waals surface area contributed by atoms with Crippen LogP contribution in [-0.4, -0.2) is 4.98 Å². The van der Waals surface area contributed by atoms with Crippen LogP contribution in [0.1, 0.15) is 37.3 Å². The molecule has 0 bridgehead atoms. The molecule has 18 heavy (non-hydrogen) atoms. The summed E-state index contributed by atoms with van der Waals surface area (Å²) in [5.41, 5.74) is 1.65. The minimum absolute atomic E-state index is 0.297. The lowest BCUT2D eigenvalue weighted by atomic mass is 10.0. The molecule has 0 aliphatic heterocycles. The van der Waals surface area contributed by atoms with Crippen molar-refractivity contribution >= 4 is 38.4 Å². The number of pyridine rings is 1. The Morgan fingerprint density at radius 2 is 1.94 bits per heavy atom. The third-order valence-electron chi connectivity index (χ3n) is 3.59. The molecule has 1 heterocycles. The van der Waals surface area contributed by atoms with E-state index in [4.69, 9.17) is 11.6 Å². The number of nitrogens with zero attached hydrogens (tertiary/aromatic N) is 1. The zero-order valence-electron chi connectivity index (χ0n) is 9.72. The van der Waals surface area contributed by atoms with Crippen LogP contribution < -0.4 is 0 Å². The van der Waals surface area contributed by atoms with Crippen LogP contribution in [0.5, 0.6) is 0 Å². The standard InChI is InChI=1S/C14H12BrClFN/c15-10-5-9-11(16)6-13(8-3-1-2-4-8)18-14(9)7-12(10)17/h5-8H,1-4H2. The third kappa shape index (κ3) is 2.14. The maximum atomic E-state index is 13.6. The summed E-state index contributed by atoms with van der Waals surface area (Å²) in [7, 11) is 0. The van der Waals surface area contributed by atoms with Gasteiger partial charge in [0.15, 0.2) is 0 Å². The van der Waals surface area contributed by atoms with Gasteiger partial charge >= 0.3 is 0 Å². The van der Waals surface area contributed by atoms with Gasteiger partial charge in [-0.2, -0.15) is 0 Å². The Balaban J connectivity index is 2.16. The molecule has 2 aromatic rings. The van der Waals surface area contributed by atoms with Crippen LogP contribution in [0.2, 0.25) is 5.02 Å². The van der Waals surface area contributed by atoms with Crippen molar-refractivity contribution in [2.24, 2.45) is 0 Å². The van der Waals surface area contributed by atoms with Crippen molar-refractivity contribution in [3.63, 3.8) is 0 Å². The van der Waals surface area contributed by atoms with E-state index in [0.717, 1.165) is 23.9 Å². The Kier molecular flexibility index (Phi) is 3.29. The maximum absolute atomic E-state index is 13.6. The topological polar surface area (TPSA) is 12.9 Å². The van der Waals surface area contributed by atoms with Gasteiger partial charge in [0.2, 0.25) is 0 Å². The summed E-state index contributed by atoms with van der Waals surface area (Å²) < 4.78 is 14.0. The second-order valence-corrected chi connectivity index (χ2v) is 6.06. The summed E-state index contributed by atoms with van der Waals surface area (Å²) >= 11 is 9.46. The summed E-state index contributed by atoms with van der Waals surface area (Å²) in [6, 6.07) is 5.08. The van der Waals surface area contributed by atoms with Gasteiger partial charge < -0.3 is 0 Å². The van der Waals surface area contributed by atoms with E-state index in [1.165, 1.54) is 18.9 Å². The van der Waals surface area contributed by atoms with E-state index in [1.54, 1.807) is 6.07 Å². The Bertz CT molecular complexity index is 608. The first-order chi connectivity index (χ1) is 8.65. The average molecular weight is 329 g/mol. The maximum Gasteiger partial charge on any atom is 0.139 e. The molecular weight excluding hydrogens is 317 g/mol. The Morgan fingerprint density at radius 3 is 2.67 bits per heavy atom. The van der Waals surface area contributed by atoms with Crippen molar-refractivity contribution in [1.82, 2.24) is 4.98 Å². The van der Waals surface area contributed by atoms with Crippen molar-refractivity contribution in [2.45, 2.75) is 31.6 Å². The lowest BCUT2D eigenvalue weighted by Gasteiger charge is -2.11. The summed E-state index contributed by atoms with van der Waals surface area (Å²) in [6.07, 6.45) is 4.81.